The van der Waals surface area contributed by atoms with Crippen molar-refractivity contribution in [2.45, 2.75) is 4.90 Å². The third-order valence-electron chi connectivity index (χ3n) is 4.61. The molecule has 3 aromatic carbocycles. The van der Waals surface area contributed by atoms with Crippen LogP contribution in [0.1, 0.15) is 0 Å². The first kappa shape index (κ1) is 18.8. The van der Waals surface area contributed by atoms with E-state index in [1.807, 2.05) is 0 Å². The summed E-state index contributed by atoms with van der Waals surface area (Å²) in [5.74, 6) is -0.440. The summed E-state index contributed by atoms with van der Waals surface area (Å²) in [5.41, 5.74) is 1.14. The van der Waals surface area contributed by atoms with Crippen LogP contribution in [0.4, 0.5) is 0 Å². The monoisotopic (exact) mass is 408 g/mol. The van der Waals surface area contributed by atoms with Crippen LogP contribution >= 0.6 is 0 Å². The molecule has 7 heteroatoms. The van der Waals surface area contributed by atoms with E-state index < -0.39 is 9.84 Å². The maximum Gasteiger partial charge on any atom is 0.201 e. The van der Waals surface area contributed by atoms with E-state index in [0.717, 1.165) is 6.26 Å². The second-order valence-electron chi connectivity index (χ2n) is 6.63. The van der Waals surface area contributed by atoms with Crippen LogP contribution in [0.15, 0.2) is 80.8 Å². The summed E-state index contributed by atoms with van der Waals surface area (Å²) in [7, 11) is -3.37. The van der Waals surface area contributed by atoms with E-state index in [0.29, 0.717) is 22.1 Å². The van der Waals surface area contributed by atoms with Crippen molar-refractivity contribution in [3.05, 3.63) is 77.0 Å². The van der Waals surface area contributed by atoms with E-state index in [9.17, 15) is 23.4 Å². The Bertz CT molecular complexity index is 1400. The Hall–Kier alpha value is -3.58. The maximum atomic E-state index is 13.2. The highest BCUT2D eigenvalue weighted by atomic mass is 32.2. The molecule has 29 heavy (non-hydrogen) atoms. The lowest BCUT2D eigenvalue weighted by atomic mass is 9.98. The first-order chi connectivity index (χ1) is 13.8. The second kappa shape index (κ2) is 6.79. The third kappa shape index (κ3) is 3.36. The molecule has 0 saturated carbocycles. The quantitative estimate of drug-likeness (QED) is 0.498. The zero-order valence-electron chi connectivity index (χ0n) is 15.3. The van der Waals surface area contributed by atoms with Gasteiger partial charge in [0.15, 0.2) is 21.3 Å². The molecule has 146 valence electrons. The Morgan fingerprint density at radius 2 is 1.48 bits per heavy atom. The van der Waals surface area contributed by atoms with Crippen molar-refractivity contribution < 1.29 is 23.0 Å². The first-order valence-corrected chi connectivity index (χ1v) is 10.5. The Kier molecular flexibility index (Phi) is 4.39. The second-order valence-corrected chi connectivity index (χ2v) is 8.65. The number of phenolic OH excluding ortho intramolecular Hbond substituents is 2. The van der Waals surface area contributed by atoms with Crippen molar-refractivity contribution in [1.29, 1.82) is 0 Å². The van der Waals surface area contributed by atoms with Crippen molar-refractivity contribution in [2.24, 2.45) is 0 Å². The number of rotatable bonds is 3. The summed E-state index contributed by atoms with van der Waals surface area (Å²) in [6.07, 6.45) is 1.11. The number of hydrogen-bond donors (Lipinski definition) is 2. The molecule has 0 atom stereocenters. The highest BCUT2D eigenvalue weighted by molar-refractivity contribution is 7.90. The molecule has 0 fully saturated rings. The first-order valence-electron chi connectivity index (χ1n) is 8.64. The van der Waals surface area contributed by atoms with Gasteiger partial charge in [-0.2, -0.15) is 0 Å². The number of fused-ring (bicyclic) bond motifs is 1. The molecule has 1 aromatic heterocycles. The van der Waals surface area contributed by atoms with Gasteiger partial charge in [0.05, 0.1) is 15.8 Å². The van der Waals surface area contributed by atoms with Gasteiger partial charge in [0, 0.05) is 11.8 Å². The molecule has 0 bridgehead atoms. The van der Waals surface area contributed by atoms with Gasteiger partial charge in [-0.25, -0.2) is 8.42 Å². The lowest BCUT2D eigenvalue weighted by Gasteiger charge is -2.11. The van der Waals surface area contributed by atoms with Gasteiger partial charge in [-0.05, 0) is 54.1 Å². The number of aromatic hydroxyl groups is 2. The minimum Gasteiger partial charge on any atom is -0.504 e. The van der Waals surface area contributed by atoms with Crippen LogP contribution in [0.3, 0.4) is 0 Å². The SMILES string of the molecule is CS(=O)(=O)c1ccc(-c2oc3ccccc3c(=O)c2-c2ccc(O)c(O)c2)cc1. The molecule has 0 saturated heterocycles. The van der Waals surface area contributed by atoms with Crippen LogP contribution in [-0.2, 0) is 9.84 Å². The Balaban J connectivity index is 2.04. The normalized spacial score (nSPS) is 11.6. The Morgan fingerprint density at radius 3 is 2.14 bits per heavy atom. The molecule has 0 radical (unpaired) electrons. The molecule has 2 N–H and O–H groups in total. The van der Waals surface area contributed by atoms with Crippen LogP contribution in [-0.4, -0.2) is 24.9 Å². The summed E-state index contributed by atoms with van der Waals surface area (Å²) in [4.78, 5) is 13.4. The molecule has 0 unspecified atom stereocenters. The molecule has 1 heterocycles. The molecule has 0 spiro atoms. The molecule has 0 aliphatic heterocycles. The van der Waals surface area contributed by atoms with E-state index in [2.05, 4.69) is 0 Å². The molecule has 4 aromatic rings. The van der Waals surface area contributed by atoms with E-state index in [1.165, 1.54) is 30.3 Å². The van der Waals surface area contributed by atoms with Crippen LogP contribution in [0.5, 0.6) is 11.5 Å². The summed E-state index contributed by atoms with van der Waals surface area (Å²) in [5, 5.41) is 19.9. The van der Waals surface area contributed by atoms with Gasteiger partial charge in [-0.3, -0.25) is 4.79 Å². The van der Waals surface area contributed by atoms with Gasteiger partial charge in [0.25, 0.3) is 0 Å². The van der Waals surface area contributed by atoms with Crippen LogP contribution in [0.25, 0.3) is 33.4 Å². The minimum atomic E-state index is -3.37. The predicted molar refractivity (Wildman–Crippen MR) is 110 cm³/mol. The van der Waals surface area contributed by atoms with Crippen LogP contribution in [0, 0.1) is 0 Å². The fraction of sp³-hybridized carbons (Fsp3) is 0.0455. The van der Waals surface area contributed by atoms with E-state index in [1.54, 1.807) is 36.4 Å². The summed E-state index contributed by atoms with van der Waals surface area (Å²) >= 11 is 0. The largest absolute Gasteiger partial charge is 0.504 e. The van der Waals surface area contributed by atoms with Crippen molar-refractivity contribution in [1.82, 2.24) is 0 Å². The molecule has 6 nitrogen and oxygen atoms in total. The number of phenols is 2. The van der Waals surface area contributed by atoms with Gasteiger partial charge < -0.3 is 14.6 Å². The summed E-state index contributed by atoms with van der Waals surface area (Å²) in [6, 6.07) is 16.9. The highest BCUT2D eigenvalue weighted by Gasteiger charge is 2.19. The molecule has 0 amide bonds. The molecule has 0 aliphatic carbocycles. The number of benzene rings is 3. The van der Waals surface area contributed by atoms with Gasteiger partial charge >= 0.3 is 0 Å². The maximum absolute atomic E-state index is 13.2. The smallest absolute Gasteiger partial charge is 0.201 e. The summed E-state index contributed by atoms with van der Waals surface area (Å²) in [6.45, 7) is 0. The topological polar surface area (TPSA) is 105 Å². The zero-order valence-corrected chi connectivity index (χ0v) is 16.1. The number of para-hydroxylation sites is 1. The van der Waals surface area contributed by atoms with E-state index >= 15 is 0 Å². The van der Waals surface area contributed by atoms with Crippen molar-refractivity contribution >= 4 is 20.8 Å². The predicted octanol–water partition coefficient (Wildman–Crippen LogP) is 3.94. The van der Waals surface area contributed by atoms with E-state index in [4.69, 9.17) is 4.42 Å². The lowest BCUT2D eigenvalue weighted by molar-refractivity contribution is 0.404. The van der Waals surface area contributed by atoms with Crippen molar-refractivity contribution in [2.75, 3.05) is 6.26 Å². The van der Waals surface area contributed by atoms with Gasteiger partial charge in [-0.1, -0.05) is 18.2 Å². The minimum absolute atomic E-state index is 0.146. The van der Waals surface area contributed by atoms with Gasteiger partial charge in [-0.15, -0.1) is 0 Å². The highest BCUT2D eigenvalue weighted by Crippen LogP contribution is 2.36. The molecular formula is C22H16O6S. The van der Waals surface area contributed by atoms with Crippen LogP contribution in [0.2, 0.25) is 0 Å². The molecule has 0 aliphatic rings. The average molecular weight is 408 g/mol. The Morgan fingerprint density at radius 1 is 0.828 bits per heavy atom. The fourth-order valence-corrected chi connectivity index (χ4v) is 3.77. The van der Waals surface area contributed by atoms with Crippen molar-refractivity contribution in [3.63, 3.8) is 0 Å². The van der Waals surface area contributed by atoms with Gasteiger partial charge in [0.2, 0.25) is 5.43 Å². The van der Waals surface area contributed by atoms with Crippen molar-refractivity contribution in [3.8, 4) is 33.9 Å². The molecular weight excluding hydrogens is 392 g/mol. The average Bonchev–Trinajstić information content (AvgIpc) is 2.70. The molecule has 4 rings (SSSR count). The fourth-order valence-electron chi connectivity index (χ4n) is 3.14. The number of hydrogen-bond acceptors (Lipinski definition) is 6. The lowest BCUT2D eigenvalue weighted by Crippen LogP contribution is -2.07. The zero-order chi connectivity index (χ0) is 20.8. The third-order valence-corrected chi connectivity index (χ3v) is 5.74. The number of sulfone groups is 1. The van der Waals surface area contributed by atoms with E-state index in [-0.39, 0.29) is 33.1 Å². The Labute approximate surface area is 166 Å². The van der Waals surface area contributed by atoms with Crippen LogP contribution < -0.4 is 5.43 Å². The standard InChI is InChI=1S/C22H16O6S/c1-29(26,27)15-9-6-13(7-10-15)22-20(14-8-11-17(23)18(24)12-14)21(25)16-4-2-3-5-19(16)28-22/h2-12,23-24H,1H3. The summed E-state index contributed by atoms with van der Waals surface area (Å²) < 4.78 is 29.5. The van der Waals surface area contributed by atoms with Gasteiger partial charge in [0.1, 0.15) is 11.3 Å².